The van der Waals surface area contributed by atoms with Crippen LogP contribution in [-0.2, 0) is 6.61 Å². The summed E-state index contributed by atoms with van der Waals surface area (Å²) < 4.78 is 0.341. The van der Waals surface area contributed by atoms with Gasteiger partial charge in [-0.15, -0.1) is 0 Å². The van der Waals surface area contributed by atoms with Crippen LogP contribution >= 0.6 is 11.8 Å². The molecule has 1 aliphatic rings. The molecule has 16 heavy (non-hydrogen) atoms. The largest absolute Gasteiger partial charge is 0.392 e. The molecule has 2 nitrogen and oxygen atoms in total. The first-order valence-electron chi connectivity index (χ1n) is 5.69. The van der Waals surface area contributed by atoms with Crippen molar-refractivity contribution in [2.45, 2.75) is 25.2 Å². The van der Waals surface area contributed by atoms with Crippen molar-refractivity contribution < 1.29 is 5.11 Å². The van der Waals surface area contributed by atoms with E-state index in [2.05, 4.69) is 30.9 Å². The highest BCUT2D eigenvalue weighted by Gasteiger charge is 2.26. The fourth-order valence-electron chi connectivity index (χ4n) is 2.05. The van der Waals surface area contributed by atoms with E-state index in [0.717, 1.165) is 18.7 Å². The minimum absolute atomic E-state index is 0.127. The van der Waals surface area contributed by atoms with Gasteiger partial charge in [0.1, 0.15) is 0 Å². The lowest BCUT2D eigenvalue weighted by Crippen LogP contribution is -2.43. The molecule has 3 heteroatoms. The molecule has 1 aromatic carbocycles. The molecule has 88 valence electrons. The van der Waals surface area contributed by atoms with E-state index in [-0.39, 0.29) is 6.61 Å². The highest BCUT2D eigenvalue weighted by atomic mass is 32.2. The fourth-order valence-corrected chi connectivity index (χ4v) is 3.16. The quantitative estimate of drug-likeness (QED) is 0.855. The minimum Gasteiger partial charge on any atom is -0.392 e. The van der Waals surface area contributed by atoms with Crippen LogP contribution in [-0.4, -0.2) is 28.7 Å². The number of rotatable bonds is 2. The van der Waals surface area contributed by atoms with E-state index in [1.54, 1.807) is 0 Å². The third-order valence-electron chi connectivity index (χ3n) is 2.91. The van der Waals surface area contributed by atoms with Crippen molar-refractivity contribution in [1.29, 1.82) is 0 Å². The highest BCUT2D eigenvalue weighted by molar-refractivity contribution is 8.00. The molecule has 0 spiro atoms. The zero-order valence-corrected chi connectivity index (χ0v) is 10.8. The van der Waals surface area contributed by atoms with Crippen LogP contribution in [0.15, 0.2) is 24.3 Å². The van der Waals surface area contributed by atoms with E-state index in [1.807, 2.05) is 23.9 Å². The van der Waals surface area contributed by atoms with Gasteiger partial charge >= 0.3 is 0 Å². The average molecular weight is 237 g/mol. The Balaban J connectivity index is 2.11. The van der Waals surface area contributed by atoms with Gasteiger partial charge in [-0.1, -0.05) is 12.1 Å². The lowest BCUT2D eigenvalue weighted by atomic mass is 10.1. The van der Waals surface area contributed by atoms with Gasteiger partial charge < -0.3 is 10.0 Å². The second-order valence-corrected chi connectivity index (χ2v) is 6.66. The molecule has 0 amide bonds. The predicted octanol–water partition coefficient (Wildman–Crippen LogP) is 2.51. The zero-order valence-electron chi connectivity index (χ0n) is 9.94. The number of anilines is 1. The molecular formula is C13H19NOS. The number of thioether (sulfide) groups is 1. The molecule has 0 atom stereocenters. The maximum Gasteiger partial charge on any atom is 0.0681 e. The normalized spacial score (nSPS) is 19.8. The standard InChI is InChI=1S/C13H19NOS/c1-13(2)10-14(7-8-16-13)12-5-3-11(9-15)4-6-12/h3-6,15H,7-10H2,1-2H3. The Hall–Kier alpha value is -0.670. The van der Waals surface area contributed by atoms with E-state index in [1.165, 1.54) is 11.4 Å². The maximum atomic E-state index is 9.00. The molecule has 0 saturated carbocycles. The van der Waals surface area contributed by atoms with E-state index in [9.17, 15) is 0 Å². The molecule has 1 heterocycles. The zero-order chi connectivity index (χ0) is 11.6. The molecule has 1 fully saturated rings. The van der Waals surface area contributed by atoms with Crippen molar-refractivity contribution in [2.75, 3.05) is 23.7 Å². The lowest BCUT2D eigenvalue weighted by Gasteiger charge is -2.39. The molecule has 1 aliphatic heterocycles. The Morgan fingerprint density at radius 3 is 2.56 bits per heavy atom. The van der Waals surface area contributed by atoms with Crippen LogP contribution in [0.3, 0.4) is 0 Å². The molecular weight excluding hydrogens is 218 g/mol. The van der Waals surface area contributed by atoms with Gasteiger partial charge in [0, 0.05) is 29.3 Å². The smallest absolute Gasteiger partial charge is 0.0681 e. The van der Waals surface area contributed by atoms with Crippen LogP contribution in [0.2, 0.25) is 0 Å². The van der Waals surface area contributed by atoms with Crippen LogP contribution in [0, 0.1) is 0 Å². The first kappa shape index (κ1) is 11.8. The lowest BCUT2D eigenvalue weighted by molar-refractivity contribution is 0.282. The molecule has 0 unspecified atom stereocenters. The third kappa shape index (κ3) is 2.71. The first-order chi connectivity index (χ1) is 7.61. The molecule has 1 N–H and O–H groups in total. The Morgan fingerprint density at radius 2 is 2.00 bits per heavy atom. The molecule has 0 bridgehead atoms. The molecule has 0 radical (unpaired) electrons. The Morgan fingerprint density at radius 1 is 1.31 bits per heavy atom. The van der Waals surface area contributed by atoms with E-state index < -0.39 is 0 Å². The summed E-state index contributed by atoms with van der Waals surface area (Å²) in [5.41, 5.74) is 2.25. The SMILES string of the molecule is CC1(C)CN(c2ccc(CO)cc2)CCS1. The van der Waals surface area contributed by atoms with Gasteiger partial charge in [-0.3, -0.25) is 0 Å². The summed E-state index contributed by atoms with van der Waals surface area (Å²) in [4.78, 5) is 2.43. The van der Waals surface area contributed by atoms with E-state index >= 15 is 0 Å². The molecule has 2 rings (SSSR count). The van der Waals surface area contributed by atoms with Crippen molar-refractivity contribution in [3.8, 4) is 0 Å². The van der Waals surface area contributed by atoms with Crippen molar-refractivity contribution in [3.63, 3.8) is 0 Å². The van der Waals surface area contributed by atoms with Gasteiger partial charge in [0.25, 0.3) is 0 Å². The monoisotopic (exact) mass is 237 g/mol. The van der Waals surface area contributed by atoms with Crippen molar-refractivity contribution in [3.05, 3.63) is 29.8 Å². The summed E-state index contributed by atoms with van der Waals surface area (Å²) in [6.45, 7) is 6.93. The summed E-state index contributed by atoms with van der Waals surface area (Å²) in [6.07, 6.45) is 0. The van der Waals surface area contributed by atoms with Crippen LogP contribution in [0.4, 0.5) is 5.69 Å². The van der Waals surface area contributed by atoms with Crippen molar-refractivity contribution in [2.24, 2.45) is 0 Å². The number of aliphatic hydroxyl groups is 1. The van der Waals surface area contributed by atoms with Crippen LogP contribution in [0.25, 0.3) is 0 Å². The molecule has 1 saturated heterocycles. The van der Waals surface area contributed by atoms with Gasteiger partial charge in [0.15, 0.2) is 0 Å². The molecule has 0 aliphatic carbocycles. The summed E-state index contributed by atoms with van der Waals surface area (Å²) in [5.74, 6) is 1.19. The number of nitrogens with zero attached hydrogens (tertiary/aromatic N) is 1. The van der Waals surface area contributed by atoms with Crippen LogP contribution in [0.1, 0.15) is 19.4 Å². The second kappa shape index (κ2) is 4.68. The van der Waals surface area contributed by atoms with E-state index in [0.29, 0.717) is 4.75 Å². The van der Waals surface area contributed by atoms with Gasteiger partial charge in [0.05, 0.1) is 6.61 Å². The summed E-state index contributed by atoms with van der Waals surface area (Å²) in [7, 11) is 0. The third-order valence-corrected chi connectivity index (χ3v) is 4.21. The summed E-state index contributed by atoms with van der Waals surface area (Å²) in [5, 5.41) is 9.00. The topological polar surface area (TPSA) is 23.5 Å². The Bertz CT molecular complexity index is 347. The van der Waals surface area contributed by atoms with Gasteiger partial charge in [-0.25, -0.2) is 0 Å². The predicted molar refractivity (Wildman–Crippen MR) is 71.1 cm³/mol. The molecule has 0 aromatic heterocycles. The van der Waals surface area contributed by atoms with Gasteiger partial charge in [0.2, 0.25) is 0 Å². The fraction of sp³-hybridized carbons (Fsp3) is 0.538. The number of hydrogen-bond acceptors (Lipinski definition) is 3. The molecule has 1 aromatic rings. The van der Waals surface area contributed by atoms with Crippen molar-refractivity contribution >= 4 is 17.4 Å². The average Bonchev–Trinajstić information content (AvgIpc) is 2.28. The maximum absolute atomic E-state index is 9.00. The first-order valence-corrected chi connectivity index (χ1v) is 6.68. The number of hydrogen-bond donors (Lipinski definition) is 1. The number of benzene rings is 1. The Labute approximate surface area is 102 Å². The van der Waals surface area contributed by atoms with Crippen LogP contribution in [0.5, 0.6) is 0 Å². The van der Waals surface area contributed by atoms with Crippen molar-refractivity contribution in [1.82, 2.24) is 0 Å². The highest BCUT2D eigenvalue weighted by Crippen LogP contribution is 2.32. The van der Waals surface area contributed by atoms with Gasteiger partial charge in [-0.2, -0.15) is 11.8 Å². The number of aliphatic hydroxyl groups excluding tert-OH is 1. The summed E-state index contributed by atoms with van der Waals surface area (Å²) in [6, 6.07) is 8.23. The van der Waals surface area contributed by atoms with Crippen LogP contribution < -0.4 is 4.90 Å². The van der Waals surface area contributed by atoms with E-state index in [4.69, 9.17) is 5.11 Å². The Kier molecular flexibility index (Phi) is 3.45. The second-order valence-electron chi connectivity index (χ2n) is 4.85. The minimum atomic E-state index is 0.127. The summed E-state index contributed by atoms with van der Waals surface area (Å²) >= 11 is 2.04. The van der Waals surface area contributed by atoms with Gasteiger partial charge in [-0.05, 0) is 31.5 Å².